The number of rotatable bonds is 10. The van der Waals surface area contributed by atoms with Gasteiger partial charge < -0.3 is 0 Å². The van der Waals surface area contributed by atoms with Gasteiger partial charge in [0.05, 0.1) is 0 Å². The second-order valence-electron chi connectivity index (χ2n) is 10.3. The summed E-state index contributed by atoms with van der Waals surface area (Å²) in [4.78, 5) is 2.56. The highest BCUT2D eigenvalue weighted by Crippen LogP contribution is 2.51. The van der Waals surface area contributed by atoms with Crippen LogP contribution in [0.15, 0.2) is 48.5 Å². The van der Waals surface area contributed by atoms with Gasteiger partial charge in [-0.2, -0.15) is 0 Å². The lowest BCUT2D eigenvalue weighted by Crippen LogP contribution is -2.40. The lowest BCUT2D eigenvalue weighted by atomic mass is 9.69. The van der Waals surface area contributed by atoms with Crippen LogP contribution in [0.5, 0.6) is 0 Å². The van der Waals surface area contributed by atoms with Gasteiger partial charge in [-0.15, -0.1) is 0 Å². The Labute approximate surface area is 193 Å². The lowest BCUT2D eigenvalue weighted by Gasteiger charge is -2.41. The van der Waals surface area contributed by atoms with Gasteiger partial charge in [0.2, 0.25) is 0 Å². The van der Waals surface area contributed by atoms with Crippen molar-refractivity contribution in [3.8, 4) is 0 Å². The predicted octanol–water partition coefficient (Wildman–Crippen LogP) is 8.01. The van der Waals surface area contributed by atoms with Crippen LogP contribution in [0.1, 0.15) is 94.4 Å². The van der Waals surface area contributed by atoms with Gasteiger partial charge in [-0.1, -0.05) is 55.5 Å². The fourth-order valence-electron chi connectivity index (χ4n) is 5.65. The van der Waals surface area contributed by atoms with Crippen molar-refractivity contribution in [1.29, 1.82) is 0 Å². The molecule has 0 amide bonds. The van der Waals surface area contributed by atoms with Crippen LogP contribution in [0, 0.1) is 0 Å². The summed E-state index contributed by atoms with van der Waals surface area (Å²) in [5.74, 6) is 0. The highest BCUT2D eigenvalue weighted by Gasteiger charge is 2.45. The molecule has 0 bridgehead atoms. The minimum Gasteiger partial charge on any atom is -0.294 e. The number of alkyl halides is 2. The van der Waals surface area contributed by atoms with Crippen LogP contribution in [0.25, 0.3) is 0 Å². The molecule has 4 rings (SSSR count). The van der Waals surface area contributed by atoms with Gasteiger partial charge in [0.15, 0.2) is 0 Å². The number of halogens is 2. The molecule has 3 heteroatoms. The first-order valence-electron chi connectivity index (χ1n) is 12.7. The maximum Gasteiger partial charge on any atom is 0.136 e. The second-order valence-corrected chi connectivity index (χ2v) is 10.3. The topological polar surface area (TPSA) is 3.24 Å². The first-order valence-corrected chi connectivity index (χ1v) is 12.7. The van der Waals surface area contributed by atoms with Gasteiger partial charge in [-0.3, -0.25) is 4.90 Å². The van der Waals surface area contributed by atoms with Crippen LogP contribution in [0.3, 0.4) is 0 Å². The summed E-state index contributed by atoms with van der Waals surface area (Å²) in [6.45, 7) is 7.65. The molecule has 2 fully saturated rings. The van der Waals surface area contributed by atoms with E-state index < -0.39 is 11.3 Å². The molecule has 2 aliphatic rings. The van der Waals surface area contributed by atoms with Crippen LogP contribution >= 0.6 is 0 Å². The monoisotopic (exact) mass is 439 g/mol. The van der Waals surface area contributed by atoms with Crippen molar-refractivity contribution in [1.82, 2.24) is 4.90 Å². The Hall–Kier alpha value is -1.74. The molecule has 1 atom stereocenters. The third-order valence-corrected chi connectivity index (χ3v) is 7.97. The van der Waals surface area contributed by atoms with Gasteiger partial charge in [-0.05, 0) is 93.9 Å². The number of nitrogens with zero attached hydrogens (tertiary/aromatic N) is 1. The third-order valence-electron chi connectivity index (χ3n) is 7.97. The number of benzene rings is 2. The molecule has 174 valence electrons. The second kappa shape index (κ2) is 9.63. The van der Waals surface area contributed by atoms with Crippen LogP contribution in [-0.4, -0.2) is 17.0 Å². The average Bonchev–Trinajstić information content (AvgIpc) is 2.76. The maximum absolute atomic E-state index is 15.6. The molecule has 32 heavy (non-hydrogen) atoms. The Bertz CT molecular complexity index is 845. The Morgan fingerprint density at radius 3 is 1.84 bits per heavy atom. The largest absolute Gasteiger partial charge is 0.294 e. The molecule has 0 spiro atoms. The zero-order valence-electron chi connectivity index (χ0n) is 20.0. The van der Waals surface area contributed by atoms with Gasteiger partial charge in [-0.25, -0.2) is 8.78 Å². The minimum atomic E-state index is -1.26. The minimum absolute atomic E-state index is 0.380. The smallest absolute Gasteiger partial charge is 0.136 e. The van der Waals surface area contributed by atoms with Crippen molar-refractivity contribution in [2.24, 2.45) is 0 Å². The molecule has 0 heterocycles. The first kappa shape index (κ1) is 23.4. The van der Waals surface area contributed by atoms with Crippen LogP contribution in [0.4, 0.5) is 8.78 Å². The van der Waals surface area contributed by atoms with Crippen molar-refractivity contribution in [3.05, 3.63) is 70.8 Å². The zero-order chi connectivity index (χ0) is 22.8. The maximum atomic E-state index is 15.6. The van der Waals surface area contributed by atoms with Crippen molar-refractivity contribution >= 4 is 0 Å². The molecule has 2 saturated carbocycles. The van der Waals surface area contributed by atoms with E-state index in [1.54, 1.807) is 0 Å². The molecule has 2 aromatic carbocycles. The Kier molecular flexibility index (Phi) is 7.05. The normalized spacial score (nSPS) is 20.1. The summed E-state index contributed by atoms with van der Waals surface area (Å²) in [5.41, 5.74) is 1.33. The van der Waals surface area contributed by atoms with E-state index in [2.05, 4.69) is 56.0 Å². The van der Waals surface area contributed by atoms with E-state index >= 15 is 8.78 Å². The number of hydrogen-bond acceptors (Lipinski definition) is 1. The average molecular weight is 440 g/mol. The molecular weight excluding hydrogens is 400 g/mol. The molecule has 0 aliphatic heterocycles. The molecule has 2 aromatic rings. The highest BCUT2D eigenvalue weighted by molar-refractivity contribution is 5.44. The first-order chi connectivity index (χ1) is 15.4. The van der Waals surface area contributed by atoms with Crippen molar-refractivity contribution in [2.45, 2.75) is 109 Å². The van der Waals surface area contributed by atoms with Crippen molar-refractivity contribution in [3.63, 3.8) is 0 Å². The van der Waals surface area contributed by atoms with Crippen molar-refractivity contribution < 1.29 is 8.78 Å². The quantitative estimate of drug-likeness (QED) is 0.362. The SMILES string of the molecule is CCC(CCc1c(C2(F)CCC2)cccc1C1(F)CCC1)N(Cc1ccccc1)C(C)C. The summed E-state index contributed by atoms with van der Waals surface area (Å²) in [6.07, 6.45) is 6.87. The molecule has 1 nitrogen and oxygen atoms in total. The van der Waals surface area contributed by atoms with E-state index in [1.807, 2.05) is 18.2 Å². The molecular formula is C29H39F2N. The van der Waals surface area contributed by atoms with Gasteiger partial charge in [0, 0.05) is 18.6 Å². The van der Waals surface area contributed by atoms with E-state index in [1.165, 1.54) is 5.56 Å². The van der Waals surface area contributed by atoms with Crippen molar-refractivity contribution in [2.75, 3.05) is 0 Å². The molecule has 0 N–H and O–H groups in total. The fraction of sp³-hybridized carbons (Fsp3) is 0.586. The summed E-state index contributed by atoms with van der Waals surface area (Å²) in [7, 11) is 0. The van der Waals surface area contributed by atoms with Gasteiger partial charge in [0.25, 0.3) is 0 Å². The van der Waals surface area contributed by atoms with Crippen LogP contribution < -0.4 is 0 Å². The van der Waals surface area contributed by atoms with E-state index in [0.29, 0.717) is 37.8 Å². The predicted molar refractivity (Wildman–Crippen MR) is 129 cm³/mol. The fourth-order valence-corrected chi connectivity index (χ4v) is 5.65. The standard InChI is InChI=1S/C29H39F2N/c1-4-24(32(22(2)3)21-23-11-6-5-7-12-23)15-16-25-26(28(30)17-9-18-28)13-8-14-27(25)29(31)19-10-20-29/h5-8,11-14,22,24H,4,9-10,15-21H2,1-3H3. The molecule has 2 aliphatic carbocycles. The summed E-state index contributed by atoms with van der Waals surface area (Å²) < 4.78 is 31.3. The van der Waals surface area contributed by atoms with Gasteiger partial charge >= 0.3 is 0 Å². The molecule has 0 saturated heterocycles. The third kappa shape index (κ3) is 4.64. The van der Waals surface area contributed by atoms with Gasteiger partial charge in [0.1, 0.15) is 11.3 Å². The molecule has 1 unspecified atom stereocenters. The lowest BCUT2D eigenvalue weighted by molar-refractivity contribution is 0.0509. The van der Waals surface area contributed by atoms with E-state index in [4.69, 9.17) is 0 Å². The number of hydrogen-bond donors (Lipinski definition) is 0. The Morgan fingerprint density at radius 2 is 1.41 bits per heavy atom. The zero-order valence-corrected chi connectivity index (χ0v) is 20.0. The molecule has 0 radical (unpaired) electrons. The van der Waals surface area contributed by atoms with Crippen LogP contribution in [-0.2, 0) is 24.3 Å². The molecule has 0 aromatic heterocycles. The summed E-state index contributed by atoms with van der Waals surface area (Å²) in [5, 5.41) is 0. The van der Waals surface area contributed by atoms with E-state index in [0.717, 1.165) is 55.3 Å². The Morgan fingerprint density at radius 1 is 0.844 bits per heavy atom. The van der Waals surface area contributed by atoms with Crippen LogP contribution in [0.2, 0.25) is 0 Å². The summed E-state index contributed by atoms with van der Waals surface area (Å²) >= 11 is 0. The summed E-state index contributed by atoms with van der Waals surface area (Å²) in [6, 6.07) is 17.2. The highest BCUT2D eigenvalue weighted by atomic mass is 19.1. The Balaban J connectivity index is 1.59. The van der Waals surface area contributed by atoms with E-state index in [9.17, 15) is 0 Å². The van der Waals surface area contributed by atoms with E-state index in [-0.39, 0.29) is 0 Å².